The van der Waals surface area contributed by atoms with Gasteiger partial charge in [-0.2, -0.15) is 0 Å². The molecular formula is C13H13NO3Se. The quantitative estimate of drug-likeness (QED) is 0.696. The first-order valence-electron chi connectivity index (χ1n) is 5.55. The molecule has 0 aliphatic carbocycles. The maximum atomic E-state index is 11.7. The van der Waals surface area contributed by atoms with E-state index in [1.165, 1.54) is 0 Å². The van der Waals surface area contributed by atoms with Gasteiger partial charge >= 0.3 is 111 Å². The Hall–Kier alpha value is -1.58. The van der Waals surface area contributed by atoms with Crippen LogP contribution in [-0.4, -0.2) is 37.2 Å². The van der Waals surface area contributed by atoms with Gasteiger partial charge in [-0.15, -0.1) is 0 Å². The van der Waals surface area contributed by atoms with Crippen LogP contribution < -0.4 is 0 Å². The average molecular weight is 310 g/mol. The van der Waals surface area contributed by atoms with E-state index in [1.807, 2.05) is 6.92 Å². The molecule has 0 saturated heterocycles. The molecule has 0 bridgehead atoms. The van der Waals surface area contributed by atoms with Crippen LogP contribution in [0.25, 0.3) is 10.1 Å². The van der Waals surface area contributed by atoms with Gasteiger partial charge in [0.1, 0.15) is 0 Å². The Morgan fingerprint density at radius 3 is 2.67 bits per heavy atom. The van der Waals surface area contributed by atoms with E-state index in [0.717, 1.165) is 15.8 Å². The number of aromatic nitrogens is 1. The van der Waals surface area contributed by atoms with E-state index in [4.69, 9.17) is 4.74 Å². The van der Waals surface area contributed by atoms with Crippen molar-refractivity contribution in [3.8, 4) is 15.9 Å². The van der Waals surface area contributed by atoms with Crippen LogP contribution in [-0.2, 0) is 4.74 Å². The SMILES string of the molecule is CCOC(=O)c1[se]c(-c2ccc(O)cc2)nc1C. The van der Waals surface area contributed by atoms with Crippen molar-refractivity contribution in [2.24, 2.45) is 0 Å². The molecule has 0 aliphatic heterocycles. The number of ether oxygens (including phenoxy) is 1. The second-order valence-corrected chi connectivity index (χ2v) is 5.80. The molecule has 5 heteroatoms. The maximum absolute atomic E-state index is 11.7. The molecule has 1 N–H and O–H groups in total. The van der Waals surface area contributed by atoms with Gasteiger partial charge in [-0.1, -0.05) is 0 Å². The number of carbonyl (C=O) groups excluding carboxylic acids is 1. The van der Waals surface area contributed by atoms with Gasteiger partial charge in [0.15, 0.2) is 0 Å². The van der Waals surface area contributed by atoms with Crippen LogP contribution in [0, 0.1) is 6.92 Å². The molecule has 4 nitrogen and oxygen atoms in total. The molecule has 0 spiro atoms. The summed E-state index contributed by atoms with van der Waals surface area (Å²) in [6.45, 7) is 3.99. The second kappa shape index (κ2) is 5.38. The monoisotopic (exact) mass is 311 g/mol. The summed E-state index contributed by atoms with van der Waals surface area (Å²) in [6, 6.07) is 6.84. The molecular weight excluding hydrogens is 297 g/mol. The summed E-state index contributed by atoms with van der Waals surface area (Å²) in [5, 5.41) is 9.24. The molecule has 1 aromatic heterocycles. The predicted octanol–water partition coefficient (Wildman–Crippen LogP) is 2.00. The number of phenolic OH excluding ortho intramolecular Hbond substituents is 1. The Morgan fingerprint density at radius 2 is 2.06 bits per heavy atom. The van der Waals surface area contributed by atoms with Gasteiger partial charge in [-0.3, -0.25) is 0 Å². The van der Waals surface area contributed by atoms with Crippen LogP contribution >= 0.6 is 0 Å². The van der Waals surface area contributed by atoms with E-state index in [-0.39, 0.29) is 26.2 Å². The van der Waals surface area contributed by atoms with Gasteiger partial charge in [0.25, 0.3) is 0 Å². The summed E-state index contributed by atoms with van der Waals surface area (Å²) in [5.41, 5.74) is 1.67. The second-order valence-electron chi connectivity index (χ2n) is 3.70. The van der Waals surface area contributed by atoms with E-state index in [1.54, 1.807) is 31.2 Å². The summed E-state index contributed by atoms with van der Waals surface area (Å²) in [7, 11) is 0. The third-order valence-corrected chi connectivity index (χ3v) is 4.86. The van der Waals surface area contributed by atoms with Crippen molar-refractivity contribution in [2.45, 2.75) is 13.8 Å². The number of nitrogens with zero attached hydrogens (tertiary/aromatic N) is 1. The summed E-state index contributed by atoms with van der Waals surface area (Å²) in [6.07, 6.45) is 0. The topological polar surface area (TPSA) is 59.4 Å². The van der Waals surface area contributed by atoms with Gasteiger partial charge in [0.05, 0.1) is 0 Å². The van der Waals surface area contributed by atoms with Gasteiger partial charge in [-0.05, 0) is 0 Å². The number of hydrogen-bond acceptors (Lipinski definition) is 4. The van der Waals surface area contributed by atoms with E-state index in [9.17, 15) is 9.90 Å². The minimum atomic E-state index is -0.271. The Kier molecular flexibility index (Phi) is 3.84. The molecule has 0 saturated carbocycles. The Bertz CT molecular complexity index is 560. The third kappa shape index (κ3) is 2.63. The number of rotatable bonds is 3. The molecule has 18 heavy (non-hydrogen) atoms. The molecule has 0 amide bonds. The number of phenols is 1. The van der Waals surface area contributed by atoms with Crippen LogP contribution in [0.2, 0.25) is 0 Å². The summed E-state index contributed by atoms with van der Waals surface area (Å²) in [5.74, 6) is -0.0485. The normalized spacial score (nSPS) is 10.3. The molecule has 0 atom stereocenters. The number of benzene rings is 1. The summed E-state index contributed by atoms with van der Waals surface area (Å²) >= 11 is -0.132. The van der Waals surface area contributed by atoms with Crippen LogP contribution in [0.5, 0.6) is 5.75 Å². The van der Waals surface area contributed by atoms with Crippen LogP contribution in [0.3, 0.4) is 0 Å². The number of carbonyl (C=O) groups is 1. The van der Waals surface area contributed by atoms with E-state index < -0.39 is 0 Å². The first-order valence-corrected chi connectivity index (χ1v) is 7.27. The fourth-order valence-electron chi connectivity index (χ4n) is 1.51. The standard InChI is InChI=1S/C13H13NO3Se/c1-3-17-13(16)11-8(2)14-12(18-11)9-4-6-10(15)7-5-9/h4-7,15H,3H2,1-2H3. The minimum absolute atomic E-state index is 0.132. The van der Waals surface area contributed by atoms with Crippen molar-refractivity contribution in [1.29, 1.82) is 0 Å². The molecule has 2 aromatic rings. The molecule has 0 aliphatic rings. The van der Waals surface area contributed by atoms with Crippen LogP contribution in [0.1, 0.15) is 21.8 Å². The van der Waals surface area contributed by atoms with Gasteiger partial charge < -0.3 is 0 Å². The summed E-state index contributed by atoms with van der Waals surface area (Å²) < 4.78 is 6.57. The van der Waals surface area contributed by atoms with Crippen molar-refractivity contribution in [2.75, 3.05) is 6.61 Å². The molecule has 2 rings (SSSR count). The van der Waals surface area contributed by atoms with Crippen LogP contribution in [0.4, 0.5) is 0 Å². The summed E-state index contributed by atoms with van der Waals surface area (Å²) in [4.78, 5) is 16.1. The Balaban J connectivity index is 2.34. The van der Waals surface area contributed by atoms with Crippen molar-refractivity contribution in [3.05, 3.63) is 34.4 Å². The Labute approximate surface area is 111 Å². The number of esters is 1. The first kappa shape index (κ1) is 12.9. The molecule has 1 aromatic carbocycles. The molecule has 0 unspecified atom stereocenters. The van der Waals surface area contributed by atoms with Crippen molar-refractivity contribution in [1.82, 2.24) is 4.98 Å². The fourth-order valence-corrected chi connectivity index (χ4v) is 3.54. The number of aryl methyl sites for hydroxylation is 1. The number of aromatic hydroxyl groups is 1. The van der Waals surface area contributed by atoms with Gasteiger partial charge in [-0.25, -0.2) is 0 Å². The zero-order chi connectivity index (χ0) is 13.1. The predicted molar refractivity (Wildman–Crippen MR) is 69.0 cm³/mol. The third-order valence-electron chi connectivity index (χ3n) is 2.37. The van der Waals surface area contributed by atoms with Crippen molar-refractivity contribution >= 4 is 20.5 Å². The molecule has 1 heterocycles. The molecule has 0 radical (unpaired) electrons. The first-order chi connectivity index (χ1) is 8.61. The molecule has 94 valence electrons. The van der Waals surface area contributed by atoms with Crippen LogP contribution in [0.15, 0.2) is 24.3 Å². The zero-order valence-corrected chi connectivity index (χ0v) is 11.8. The van der Waals surface area contributed by atoms with E-state index in [2.05, 4.69) is 4.98 Å². The fraction of sp³-hybridized carbons (Fsp3) is 0.231. The molecule has 0 fully saturated rings. The average Bonchev–Trinajstić information content (AvgIpc) is 2.72. The van der Waals surface area contributed by atoms with Gasteiger partial charge in [0.2, 0.25) is 0 Å². The van der Waals surface area contributed by atoms with Crippen molar-refractivity contribution in [3.63, 3.8) is 0 Å². The Morgan fingerprint density at radius 1 is 1.39 bits per heavy atom. The number of hydrogen-bond donors (Lipinski definition) is 1. The zero-order valence-electron chi connectivity index (χ0n) is 10.1. The van der Waals surface area contributed by atoms with E-state index in [0.29, 0.717) is 11.0 Å². The van der Waals surface area contributed by atoms with Gasteiger partial charge in [0, 0.05) is 0 Å². The van der Waals surface area contributed by atoms with E-state index >= 15 is 0 Å². The van der Waals surface area contributed by atoms with Crippen molar-refractivity contribution < 1.29 is 14.6 Å².